The highest BCUT2D eigenvalue weighted by atomic mass is 32.1. The molecule has 1 aromatic heterocycles. The summed E-state index contributed by atoms with van der Waals surface area (Å²) in [5.74, 6) is -0.331. The second-order valence-electron chi connectivity index (χ2n) is 6.53. The fourth-order valence-electron chi connectivity index (χ4n) is 2.12. The largest absolute Gasteiger partial charge is 0.466 e. The summed E-state index contributed by atoms with van der Waals surface area (Å²) in [4.78, 5) is 27.7. The molecule has 0 atom stereocenters. The third-order valence-electron chi connectivity index (χ3n) is 3.41. The number of benzene rings is 1. The minimum absolute atomic E-state index is 0.0665. The molecule has 0 bridgehead atoms. The zero-order valence-electron chi connectivity index (χ0n) is 14.9. The van der Waals surface area contributed by atoms with Crippen LogP contribution in [-0.4, -0.2) is 23.6 Å². The zero-order chi connectivity index (χ0) is 18.4. The van der Waals surface area contributed by atoms with Gasteiger partial charge in [0.1, 0.15) is 0 Å². The van der Waals surface area contributed by atoms with Crippen molar-refractivity contribution in [2.75, 3.05) is 17.2 Å². The summed E-state index contributed by atoms with van der Waals surface area (Å²) in [5.41, 5.74) is 2.54. The molecule has 0 spiro atoms. The number of thiazole rings is 1. The Labute approximate surface area is 151 Å². The molecule has 2 aromatic rings. The molecule has 0 aliphatic carbocycles. The van der Waals surface area contributed by atoms with Crippen molar-refractivity contribution in [2.45, 2.75) is 39.5 Å². The van der Waals surface area contributed by atoms with E-state index in [0.29, 0.717) is 23.1 Å². The van der Waals surface area contributed by atoms with Crippen LogP contribution in [-0.2, 0) is 21.4 Å². The van der Waals surface area contributed by atoms with Gasteiger partial charge in [-0.1, -0.05) is 32.9 Å². The number of amides is 2. The maximum atomic E-state index is 12.1. The van der Waals surface area contributed by atoms with E-state index in [4.69, 9.17) is 4.74 Å². The van der Waals surface area contributed by atoms with Crippen LogP contribution in [0.1, 0.15) is 39.0 Å². The molecule has 2 N–H and O–H groups in total. The van der Waals surface area contributed by atoms with Crippen LogP contribution in [0.15, 0.2) is 29.6 Å². The van der Waals surface area contributed by atoms with E-state index in [1.807, 2.05) is 24.3 Å². The number of hydrogen-bond donors (Lipinski definition) is 2. The Bertz CT molecular complexity index is 733. The SMILES string of the molecule is CCOC(=O)Cc1csc(NC(=O)Nc2ccc(C(C)(C)C)cc2)n1. The molecule has 0 fully saturated rings. The second-order valence-corrected chi connectivity index (χ2v) is 7.39. The standard InChI is InChI=1S/C18H23N3O3S/c1-5-24-15(22)10-14-11-25-17(20-14)21-16(23)19-13-8-6-12(7-9-13)18(2,3)4/h6-9,11H,5,10H2,1-4H3,(H2,19,20,21,23). The lowest BCUT2D eigenvalue weighted by Gasteiger charge is -2.19. The van der Waals surface area contributed by atoms with Crippen LogP contribution >= 0.6 is 11.3 Å². The van der Waals surface area contributed by atoms with Gasteiger partial charge in [-0.15, -0.1) is 11.3 Å². The lowest BCUT2D eigenvalue weighted by atomic mass is 9.87. The lowest BCUT2D eigenvalue weighted by Crippen LogP contribution is -2.19. The molecule has 25 heavy (non-hydrogen) atoms. The van der Waals surface area contributed by atoms with Gasteiger partial charge in [0.15, 0.2) is 5.13 Å². The molecule has 134 valence electrons. The second kappa shape index (κ2) is 8.11. The molecule has 2 amide bonds. The summed E-state index contributed by atoms with van der Waals surface area (Å²) in [6.07, 6.45) is 0.0991. The van der Waals surface area contributed by atoms with E-state index in [1.54, 1.807) is 12.3 Å². The van der Waals surface area contributed by atoms with Crippen LogP contribution in [0.5, 0.6) is 0 Å². The average Bonchev–Trinajstić information content (AvgIpc) is 2.93. The van der Waals surface area contributed by atoms with Gasteiger partial charge in [0.2, 0.25) is 0 Å². The molecule has 1 heterocycles. The van der Waals surface area contributed by atoms with Crippen LogP contribution in [0.2, 0.25) is 0 Å². The monoisotopic (exact) mass is 361 g/mol. The molecule has 0 aliphatic heterocycles. The highest BCUT2D eigenvalue weighted by Crippen LogP contribution is 2.23. The van der Waals surface area contributed by atoms with E-state index >= 15 is 0 Å². The van der Waals surface area contributed by atoms with Gasteiger partial charge in [0, 0.05) is 11.1 Å². The van der Waals surface area contributed by atoms with Gasteiger partial charge in [0.25, 0.3) is 0 Å². The molecule has 1 aromatic carbocycles. The minimum Gasteiger partial charge on any atom is -0.466 e. The molecule has 0 saturated carbocycles. The quantitative estimate of drug-likeness (QED) is 0.783. The Morgan fingerprint density at radius 3 is 2.44 bits per heavy atom. The van der Waals surface area contributed by atoms with E-state index in [9.17, 15) is 9.59 Å². The maximum absolute atomic E-state index is 12.1. The summed E-state index contributed by atoms with van der Waals surface area (Å²) in [5, 5.41) is 7.59. The van der Waals surface area contributed by atoms with E-state index < -0.39 is 0 Å². The minimum atomic E-state index is -0.374. The number of rotatable bonds is 5. The Balaban J connectivity index is 1.90. The molecule has 7 heteroatoms. The number of carbonyl (C=O) groups is 2. The van der Waals surface area contributed by atoms with Crippen molar-refractivity contribution in [1.29, 1.82) is 0 Å². The summed E-state index contributed by atoms with van der Waals surface area (Å²) in [7, 11) is 0. The van der Waals surface area contributed by atoms with Gasteiger partial charge in [-0.25, -0.2) is 9.78 Å². The summed E-state index contributed by atoms with van der Waals surface area (Å²) in [6, 6.07) is 7.36. The highest BCUT2D eigenvalue weighted by Gasteiger charge is 2.14. The average molecular weight is 361 g/mol. The van der Waals surface area contributed by atoms with Crippen molar-refractivity contribution in [3.05, 3.63) is 40.9 Å². The fraction of sp³-hybridized carbons (Fsp3) is 0.389. The number of nitrogens with one attached hydrogen (secondary N) is 2. The Hall–Kier alpha value is -2.41. The van der Waals surface area contributed by atoms with Crippen LogP contribution in [0, 0.1) is 0 Å². The van der Waals surface area contributed by atoms with Crippen LogP contribution in [0.25, 0.3) is 0 Å². The predicted octanol–water partition coefficient (Wildman–Crippen LogP) is 4.19. The predicted molar refractivity (Wildman–Crippen MR) is 100 cm³/mol. The molecule has 6 nitrogen and oxygen atoms in total. The molecule has 0 aliphatic rings. The number of aromatic nitrogens is 1. The lowest BCUT2D eigenvalue weighted by molar-refractivity contribution is -0.142. The van der Waals surface area contributed by atoms with Crippen molar-refractivity contribution in [3.8, 4) is 0 Å². The Kier molecular flexibility index (Phi) is 6.14. The number of ether oxygens (including phenoxy) is 1. The number of hydrogen-bond acceptors (Lipinski definition) is 5. The molecule has 0 radical (unpaired) electrons. The smallest absolute Gasteiger partial charge is 0.325 e. The Morgan fingerprint density at radius 2 is 1.84 bits per heavy atom. The first-order valence-electron chi connectivity index (χ1n) is 8.06. The number of anilines is 2. The van der Waals surface area contributed by atoms with Crippen LogP contribution in [0.3, 0.4) is 0 Å². The Morgan fingerprint density at radius 1 is 1.16 bits per heavy atom. The number of urea groups is 1. The van der Waals surface area contributed by atoms with Gasteiger partial charge >= 0.3 is 12.0 Å². The van der Waals surface area contributed by atoms with Crippen molar-refractivity contribution in [2.24, 2.45) is 0 Å². The van der Waals surface area contributed by atoms with E-state index in [2.05, 4.69) is 36.4 Å². The highest BCUT2D eigenvalue weighted by molar-refractivity contribution is 7.13. The molecule has 0 saturated heterocycles. The summed E-state index contributed by atoms with van der Waals surface area (Å²) < 4.78 is 4.87. The number of carbonyl (C=O) groups excluding carboxylic acids is 2. The first-order chi connectivity index (χ1) is 11.8. The molecule has 0 unspecified atom stereocenters. The number of esters is 1. The van der Waals surface area contributed by atoms with E-state index in [-0.39, 0.29) is 23.8 Å². The first kappa shape index (κ1) is 18.9. The van der Waals surface area contributed by atoms with Crippen LogP contribution in [0.4, 0.5) is 15.6 Å². The van der Waals surface area contributed by atoms with Gasteiger partial charge < -0.3 is 10.1 Å². The summed E-state index contributed by atoms with van der Waals surface area (Å²) >= 11 is 1.26. The van der Waals surface area contributed by atoms with E-state index in [0.717, 1.165) is 0 Å². The van der Waals surface area contributed by atoms with Crippen molar-refractivity contribution in [1.82, 2.24) is 4.98 Å². The first-order valence-corrected chi connectivity index (χ1v) is 8.94. The maximum Gasteiger partial charge on any atom is 0.325 e. The molecular weight excluding hydrogens is 338 g/mol. The van der Waals surface area contributed by atoms with Crippen molar-refractivity contribution >= 4 is 34.2 Å². The third kappa shape index (κ3) is 5.86. The topological polar surface area (TPSA) is 80.3 Å². The third-order valence-corrected chi connectivity index (χ3v) is 4.22. The molecular formula is C18H23N3O3S. The zero-order valence-corrected chi connectivity index (χ0v) is 15.7. The number of nitrogens with zero attached hydrogens (tertiary/aromatic N) is 1. The fourth-order valence-corrected chi connectivity index (χ4v) is 2.82. The molecule has 2 rings (SSSR count). The van der Waals surface area contributed by atoms with Gasteiger partial charge in [-0.2, -0.15) is 0 Å². The van der Waals surface area contributed by atoms with Crippen LogP contribution < -0.4 is 10.6 Å². The van der Waals surface area contributed by atoms with Gasteiger partial charge in [-0.05, 0) is 30.0 Å². The normalized spacial score (nSPS) is 11.0. The van der Waals surface area contributed by atoms with Crippen molar-refractivity contribution in [3.63, 3.8) is 0 Å². The van der Waals surface area contributed by atoms with Gasteiger partial charge in [0.05, 0.1) is 18.7 Å². The van der Waals surface area contributed by atoms with Gasteiger partial charge in [-0.3, -0.25) is 10.1 Å². The van der Waals surface area contributed by atoms with Crippen molar-refractivity contribution < 1.29 is 14.3 Å². The van der Waals surface area contributed by atoms with E-state index in [1.165, 1.54) is 16.9 Å². The summed E-state index contributed by atoms with van der Waals surface area (Å²) in [6.45, 7) is 8.50.